The molecule has 37 heavy (non-hydrogen) atoms. The van der Waals surface area contributed by atoms with Gasteiger partial charge in [-0.25, -0.2) is 4.85 Å². The second-order valence-corrected chi connectivity index (χ2v) is 8.86. The van der Waals surface area contributed by atoms with Crippen LogP contribution < -0.4 is 9.80 Å². The molecular formula is C32H29N3O2. The molecule has 0 bridgehead atoms. The van der Waals surface area contributed by atoms with E-state index < -0.39 is 5.97 Å². The summed E-state index contributed by atoms with van der Waals surface area (Å²) in [6.07, 6.45) is 9.10. The van der Waals surface area contributed by atoms with Crippen molar-refractivity contribution in [2.75, 3.05) is 23.9 Å². The number of carboxylic acids is 1. The molecule has 184 valence electrons. The highest BCUT2D eigenvalue weighted by molar-refractivity contribution is 5.89. The largest absolute Gasteiger partial charge is 0.486 e. The summed E-state index contributed by atoms with van der Waals surface area (Å²) in [5.41, 5.74) is 6.69. The molecule has 0 heterocycles. The summed E-state index contributed by atoms with van der Waals surface area (Å²) in [5, 5.41) is 9.53. The molecule has 0 fully saturated rings. The highest BCUT2D eigenvalue weighted by atomic mass is 16.4. The van der Waals surface area contributed by atoms with Crippen LogP contribution in [0.5, 0.6) is 0 Å². The summed E-state index contributed by atoms with van der Waals surface area (Å²) >= 11 is 0. The topological polar surface area (TPSA) is 48.1 Å². The van der Waals surface area contributed by atoms with Crippen LogP contribution in [0.25, 0.3) is 10.9 Å². The number of allylic oxidation sites excluding steroid dienone is 5. The molecule has 0 aliphatic heterocycles. The lowest BCUT2D eigenvalue weighted by molar-refractivity contribution is -0.132. The molecule has 0 unspecified atom stereocenters. The normalized spacial score (nSPS) is 14.7. The van der Waals surface area contributed by atoms with Crippen LogP contribution in [0.3, 0.4) is 0 Å². The molecule has 0 spiro atoms. The van der Waals surface area contributed by atoms with Crippen LogP contribution in [0.2, 0.25) is 0 Å². The summed E-state index contributed by atoms with van der Waals surface area (Å²) in [4.78, 5) is 19.1. The minimum atomic E-state index is -1.22. The lowest BCUT2D eigenvalue weighted by Gasteiger charge is -2.28. The van der Waals surface area contributed by atoms with E-state index in [1.165, 1.54) is 6.08 Å². The third-order valence-electron chi connectivity index (χ3n) is 6.17. The Kier molecular flexibility index (Phi) is 8.02. The lowest BCUT2D eigenvalue weighted by atomic mass is 10.1. The van der Waals surface area contributed by atoms with E-state index in [0.717, 1.165) is 45.9 Å². The van der Waals surface area contributed by atoms with Crippen molar-refractivity contribution in [3.8, 4) is 0 Å². The quantitative estimate of drug-likeness (QED) is 0.265. The maximum absolute atomic E-state index is 11.7. The molecule has 1 N–H and O–H groups in total. The summed E-state index contributed by atoms with van der Waals surface area (Å²) in [5.74, 6) is -1.22. The molecule has 0 aromatic heterocycles. The molecule has 1 aliphatic carbocycles. The van der Waals surface area contributed by atoms with Crippen molar-refractivity contribution in [3.63, 3.8) is 0 Å². The van der Waals surface area contributed by atoms with E-state index in [0.29, 0.717) is 6.42 Å². The second kappa shape index (κ2) is 11.7. The fourth-order valence-electron chi connectivity index (χ4n) is 4.33. The molecule has 4 rings (SSSR count). The summed E-state index contributed by atoms with van der Waals surface area (Å²) in [6.45, 7) is 7.36. The number of rotatable bonds is 8. The highest BCUT2D eigenvalue weighted by Crippen LogP contribution is 2.42. The van der Waals surface area contributed by atoms with Crippen LogP contribution in [0.4, 0.5) is 17.1 Å². The van der Waals surface area contributed by atoms with Crippen molar-refractivity contribution in [2.45, 2.75) is 12.8 Å². The summed E-state index contributed by atoms with van der Waals surface area (Å²) in [6, 6.07) is 28.4. The number of para-hydroxylation sites is 2. The van der Waals surface area contributed by atoms with Crippen LogP contribution in [-0.4, -0.2) is 25.2 Å². The number of nitrogens with zero attached hydrogens (tertiary/aromatic N) is 3. The molecule has 5 heteroatoms. The molecule has 3 aromatic rings. The number of anilines is 3. The van der Waals surface area contributed by atoms with Gasteiger partial charge in [-0.15, -0.1) is 0 Å². The van der Waals surface area contributed by atoms with Gasteiger partial charge in [0.1, 0.15) is 0 Å². The van der Waals surface area contributed by atoms with Gasteiger partial charge in [-0.3, -0.25) is 4.79 Å². The van der Waals surface area contributed by atoms with Crippen molar-refractivity contribution < 1.29 is 9.90 Å². The zero-order chi connectivity index (χ0) is 26.2. The van der Waals surface area contributed by atoms with Crippen LogP contribution in [0.15, 0.2) is 126 Å². The van der Waals surface area contributed by atoms with E-state index in [1.807, 2.05) is 80.8 Å². The fourth-order valence-corrected chi connectivity index (χ4v) is 4.33. The third kappa shape index (κ3) is 6.06. The number of aliphatic carboxylic acids is 1. The minimum absolute atomic E-state index is 0.286. The average Bonchev–Trinajstić information content (AvgIpc) is 3.30. The molecule has 0 saturated carbocycles. The van der Waals surface area contributed by atoms with Crippen molar-refractivity contribution in [2.24, 2.45) is 0 Å². The summed E-state index contributed by atoms with van der Waals surface area (Å²) in [7, 11) is 4.04. The zero-order valence-corrected chi connectivity index (χ0v) is 21.0. The van der Waals surface area contributed by atoms with Crippen molar-refractivity contribution in [1.82, 2.24) is 0 Å². The van der Waals surface area contributed by atoms with Gasteiger partial charge in [0.15, 0.2) is 0 Å². The Hall–Kier alpha value is -4.82. The van der Waals surface area contributed by atoms with Gasteiger partial charge in [-0.1, -0.05) is 66.8 Å². The standard InChI is InChI=1S/C32H29N3O2/c1-33-30(32(36)37)23-26-20-19-25(12-10-11-24-17-21-27(22-18-24)34(2)3)31(26)35(28-13-6-4-7-14-28)29-15-8-5-9-16-29/h4-18,21-23H,19-20H2,2-3H3,(H,36,37). The van der Waals surface area contributed by atoms with Crippen molar-refractivity contribution >= 4 is 29.1 Å². The SMILES string of the molecule is [C-]#[N+]C(=CC1=C(N(c2ccccc2)c2ccccc2)C(=CC=Cc2ccc(N(C)C)cc2)CC1)C(=O)O. The molecule has 0 saturated heterocycles. The van der Waals surface area contributed by atoms with Crippen LogP contribution in [-0.2, 0) is 4.79 Å². The Labute approximate surface area is 218 Å². The Morgan fingerprint density at radius 2 is 1.46 bits per heavy atom. The van der Waals surface area contributed by atoms with E-state index in [-0.39, 0.29) is 5.70 Å². The Morgan fingerprint density at radius 1 is 0.865 bits per heavy atom. The number of hydrogen-bond acceptors (Lipinski definition) is 3. The van der Waals surface area contributed by atoms with Gasteiger partial charge in [0.2, 0.25) is 0 Å². The van der Waals surface area contributed by atoms with E-state index >= 15 is 0 Å². The Morgan fingerprint density at radius 3 is 1.97 bits per heavy atom. The highest BCUT2D eigenvalue weighted by Gasteiger charge is 2.26. The maximum atomic E-state index is 11.7. The van der Waals surface area contributed by atoms with E-state index in [2.05, 4.69) is 51.1 Å². The number of carbonyl (C=O) groups is 1. The van der Waals surface area contributed by atoms with Crippen molar-refractivity contribution in [1.29, 1.82) is 0 Å². The molecular weight excluding hydrogens is 458 g/mol. The Balaban J connectivity index is 1.82. The van der Waals surface area contributed by atoms with Crippen LogP contribution in [0.1, 0.15) is 18.4 Å². The predicted molar refractivity (Wildman–Crippen MR) is 151 cm³/mol. The fraction of sp³-hybridized carbons (Fsp3) is 0.125. The monoisotopic (exact) mass is 487 g/mol. The van der Waals surface area contributed by atoms with Gasteiger partial charge in [0.25, 0.3) is 5.70 Å². The molecule has 5 nitrogen and oxygen atoms in total. The van der Waals surface area contributed by atoms with Gasteiger partial charge >= 0.3 is 5.97 Å². The Bertz CT molecular complexity index is 1370. The molecule has 3 aromatic carbocycles. The van der Waals surface area contributed by atoms with Crippen LogP contribution in [0, 0.1) is 6.57 Å². The van der Waals surface area contributed by atoms with Gasteiger partial charge < -0.3 is 14.9 Å². The molecule has 0 atom stereocenters. The lowest BCUT2D eigenvalue weighted by Crippen LogP contribution is -2.17. The number of hydrogen-bond donors (Lipinski definition) is 1. The number of benzene rings is 3. The zero-order valence-electron chi connectivity index (χ0n) is 21.0. The van der Waals surface area contributed by atoms with E-state index in [1.54, 1.807) is 0 Å². The van der Waals surface area contributed by atoms with Crippen molar-refractivity contribution in [3.05, 3.63) is 143 Å². The first-order valence-electron chi connectivity index (χ1n) is 12.1. The maximum Gasteiger partial charge on any atom is 0.333 e. The van der Waals surface area contributed by atoms with E-state index in [9.17, 15) is 9.90 Å². The molecule has 0 amide bonds. The first-order valence-corrected chi connectivity index (χ1v) is 12.1. The molecule has 1 aliphatic rings. The van der Waals surface area contributed by atoms with Gasteiger partial charge in [-0.05, 0) is 72.0 Å². The minimum Gasteiger partial charge on any atom is -0.486 e. The number of carboxylic acid groups (broad SMARTS) is 1. The van der Waals surface area contributed by atoms with Gasteiger partial charge in [0, 0.05) is 31.2 Å². The third-order valence-corrected chi connectivity index (χ3v) is 6.17. The first-order chi connectivity index (χ1) is 18.0. The first kappa shape index (κ1) is 25.3. The average molecular weight is 488 g/mol. The second-order valence-electron chi connectivity index (χ2n) is 8.86. The smallest absolute Gasteiger partial charge is 0.333 e. The molecule has 0 radical (unpaired) electrons. The van der Waals surface area contributed by atoms with Gasteiger partial charge in [-0.2, -0.15) is 0 Å². The predicted octanol–water partition coefficient (Wildman–Crippen LogP) is 7.47. The van der Waals surface area contributed by atoms with E-state index in [4.69, 9.17) is 6.57 Å². The van der Waals surface area contributed by atoms with Gasteiger partial charge in [0.05, 0.1) is 12.3 Å². The van der Waals surface area contributed by atoms with Crippen LogP contribution >= 0.6 is 0 Å². The summed E-state index contributed by atoms with van der Waals surface area (Å²) < 4.78 is 0.